The first-order chi connectivity index (χ1) is 17.6. The van der Waals surface area contributed by atoms with Gasteiger partial charge in [-0.15, -0.1) is 0 Å². The second-order valence-corrected chi connectivity index (χ2v) is 10.3. The average molecular weight is 495 g/mol. The van der Waals surface area contributed by atoms with Crippen LogP contribution in [0.5, 0.6) is 11.5 Å². The van der Waals surface area contributed by atoms with Gasteiger partial charge in [-0.1, -0.05) is 30.3 Å². The fourth-order valence-electron chi connectivity index (χ4n) is 5.62. The Hall–Kier alpha value is -2.45. The van der Waals surface area contributed by atoms with Gasteiger partial charge in [0, 0.05) is 32.2 Å². The van der Waals surface area contributed by atoms with Crippen molar-refractivity contribution in [3.8, 4) is 11.5 Å². The van der Waals surface area contributed by atoms with Crippen molar-refractivity contribution in [2.24, 2.45) is 0 Å². The molecule has 3 aliphatic heterocycles. The third kappa shape index (κ3) is 6.65. The van der Waals surface area contributed by atoms with Crippen LogP contribution in [0, 0.1) is 0 Å². The second kappa shape index (κ2) is 12.2. The first-order valence-corrected chi connectivity index (χ1v) is 13.4. The highest BCUT2D eigenvalue weighted by Gasteiger charge is 2.38. The lowest BCUT2D eigenvalue weighted by Crippen LogP contribution is -2.55. The van der Waals surface area contributed by atoms with Gasteiger partial charge in [0.25, 0.3) is 0 Å². The molecule has 3 heterocycles. The molecule has 3 aliphatic rings. The molecule has 1 N–H and O–H groups in total. The summed E-state index contributed by atoms with van der Waals surface area (Å²) in [6.07, 6.45) is 4.94. The molecule has 36 heavy (non-hydrogen) atoms. The summed E-state index contributed by atoms with van der Waals surface area (Å²) in [5.41, 5.74) is 1.16. The van der Waals surface area contributed by atoms with Crippen molar-refractivity contribution in [1.82, 2.24) is 9.80 Å². The number of rotatable bonds is 6. The normalized spacial score (nSPS) is 27.5. The Bertz CT molecular complexity index is 963. The van der Waals surface area contributed by atoms with E-state index >= 15 is 0 Å². The van der Waals surface area contributed by atoms with E-state index in [4.69, 9.17) is 14.2 Å². The summed E-state index contributed by atoms with van der Waals surface area (Å²) in [7, 11) is 0. The van der Waals surface area contributed by atoms with E-state index in [1.807, 2.05) is 47.4 Å². The van der Waals surface area contributed by atoms with E-state index in [0.29, 0.717) is 32.7 Å². The molecule has 194 valence electrons. The average Bonchev–Trinajstić information content (AvgIpc) is 2.90. The molecule has 0 spiro atoms. The third-order valence-electron chi connectivity index (χ3n) is 7.49. The molecule has 4 atom stereocenters. The van der Waals surface area contributed by atoms with Gasteiger partial charge in [0.2, 0.25) is 5.91 Å². The van der Waals surface area contributed by atoms with Crippen LogP contribution >= 0.6 is 0 Å². The SMILES string of the molecule is O=C(C[C@H]1CC[C@@H]2[C@H](COC[C@H](O)CN2Cc2ccc(Oc3ccccc3)cc2)O1)N1CCCCC1. The van der Waals surface area contributed by atoms with Gasteiger partial charge in [-0.05, 0) is 61.9 Å². The summed E-state index contributed by atoms with van der Waals surface area (Å²) in [5, 5.41) is 10.5. The zero-order valence-corrected chi connectivity index (χ0v) is 21.0. The van der Waals surface area contributed by atoms with Gasteiger partial charge in [0.1, 0.15) is 11.5 Å². The number of carbonyl (C=O) groups excluding carboxylic acids is 1. The number of benzene rings is 2. The lowest BCUT2D eigenvalue weighted by Gasteiger charge is -2.44. The van der Waals surface area contributed by atoms with Crippen LogP contribution in [0.25, 0.3) is 0 Å². The van der Waals surface area contributed by atoms with Crippen molar-refractivity contribution < 1.29 is 24.1 Å². The Morgan fingerprint density at radius 1 is 0.944 bits per heavy atom. The van der Waals surface area contributed by atoms with Gasteiger partial charge in [0.05, 0.1) is 37.9 Å². The van der Waals surface area contributed by atoms with Gasteiger partial charge >= 0.3 is 0 Å². The zero-order chi connectivity index (χ0) is 24.7. The number of carbonyl (C=O) groups is 1. The maximum absolute atomic E-state index is 12.8. The maximum Gasteiger partial charge on any atom is 0.225 e. The topological polar surface area (TPSA) is 71.5 Å². The number of amides is 1. The Morgan fingerprint density at radius 2 is 1.69 bits per heavy atom. The number of hydrogen-bond donors (Lipinski definition) is 1. The number of ether oxygens (including phenoxy) is 3. The molecular weight excluding hydrogens is 456 g/mol. The van der Waals surface area contributed by atoms with Crippen LogP contribution in [0.2, 0.25) is 0 Å². The van der Waals surface area contributed by atoms with E-state index in [1.165, 1.54) is 6.42 Å². The standard InChI is InChI=1S/C29H38N2O5/c32-23-19-31(18-22-9-11-25(12-10-22)35-24-7-3-1-4-8-24)27-14-13-26(36-28(27)21-34-20-23)17-29(33)30-15-5-2-6-16-30/h1,3-4,7-12,23,26-28,32H,2,5-6,13-21H2/t23-,26-,27-,28+/m1/s1. The number of fused-ring (bicyclic) bond motifs is 1. The van der Waals surface area contributed by atoms with Crippen molar-refractivity contribution in [2.45, 2.75) is 69.4 Å². The molecule has 7 heteroatoms. The van der Waals surface area contributed by atoms with Gasteiger partial charge in [-0.25, -0.2) is 0 Å². The fraction of sp³-hybridized carbons (Fsp3) is 0.552. The van der Waals surface area contributed by atoms with Crippen LogP contribution in [0.3, 0.4) is 0 Å². The summed E-state index contributed by atoms with van der Waals surface area (Å²) in [4.78, 5) is 17.1. The molecule has 0 bridgehead atoms. The van der Waals surface area contributed by atoms with Gasteiger partial charge in [-0.3, -0.25) is 9.69 Å². The maximum atomic E-state index is 12.8. The Labute approximate surface area is 213 Å². The van der Waals surface area contributed by atoms with Crippen LogP contribution < -0.4 is 4.74 Å². The molecule has 7 nitrogen and oxygen atoms in total. The molecule has 3 fully saturated rings. The molecule has 0 aliphatic carbocycles. The Balaban J connectivity index is 1.21. The number of aliphatic hydroxyl groups is 1. The summed E-state index contributed by atoms with van der Waals surface area (Å²) >= 11 is 0. The molecule has 3 saturated heterocycles. The second-order valence-electron chi connectivity index (χ2n) is 10.3. The summed E-state index contributed by atoms with van der Waals surface area (Å²) in [6.45, 7) is 3.73. The smallest absolute Gasteiger partial charge is 0.225 e. The van der Waals surface area contributed by atoms with Crippen LogP contribution in [0.1, 0.15) is 44.1 Å². The Morgan fingerprint density at radius 3 is 2.47 bits per heavy atom. The van der Waals surface area contributed by atoms with Crippen molar-refractivity contribution in [3.05, 3.63) is 60.2 Å². The minimum Gasteiger partial charge on any atom is -0.457 e. The van der Waals surface area contributed by atoms with E-state index in [0.717, 1.165) is 55.8 Å². The monoisotopic (exact) mass is 494 g/mol. The summed E-state index contributed by atoms with van der Waals surface area (Å²) in [6, 6.07) is 18.0. The van der Waals surface area contributed by atoms with Crippen molar-refractivity contribution in [3.63, 3.8) is 0 Å². The summed E-state index contributed by atoms with van der Waals surface area (Å²) in [5.74, 6) is 1.83. The molecule has 2 aromatic carbocycles. The molecule has 0 aromatic heterocycles. The highest BCUT2D eigenvalue weighted by Crippen LogP contribution is 2.30. The van der Waals surface area contributed by atoms with E-state index in [9.17, 15) is 9.90 Å². The molecule has 0 radical (unpaired) electrons. The minimum absolute atomic E-state index is 0.0649. The van der Waals surface area contributed by atoms with E-state index in [2.05, 4.69) is 17.0 Å². The molecule has 5 rings (SSSR count). The Kier molecular flexibility index (Phi) is 8.54. The van der Waals surface area contributed by atoms with Gasteiger partial charge in [0.15, 0.2) is 0 Å². The zero-order valence-electron chi connectivity index (χ0n) is 21.0. The molecule has 0 saturated carbocycles. The minimum atomic E-state index is -0.537. The van der Waals surface area contributed by atoms with Crippen LogP contribution in [0.15, 0.2) is 54.6 Å². The van der Waals surface area contributed by atoms with Gasteiger partial charge < -0.3 is 24.2 Å². The highest BCUT2D eigenvalue weighted by atomic mass is 16.5. The van der Waals surface area contributed by atoms with E-state index in [1.54, 1.807) is 0 Å². The lowest BCUT2D eigenvalue weighted by molar-refractivity contribution is -0.161. The largest absolute Gasteiger partial charge is 0.457 e. The van der Waals surface area contributed by atoms with Crippen LogP contribution in [-0.2, 0) is 20.8 Å². The summed E-state index contributed by atoms with van der Waals surface area (Å²) < 4.78 is 18.2. The van der Waals surface area contributed by atoms with Crippen LogP contribution in [-0.4, -0.2) is 78.0 Å². The van der Waals surface area contributed by atoms with Crippen LogP contribution in [0.4, 0.5) is 0 Å². The van der Waals surface area contributed by atoms with E-state index in [-0.39, 0.29) is 24.2 Å². The number of β-amino-alcohol motifs (C(OH)–C–C–N with tert-alkyl or cyclic N) is 1. The number of nitrogens with zero attached hydrogens (tertiary/aromatic N) is 2. The number of likely N-dealkylation sites (tertiary alicyclic amines) is 1. The highest BCUT2D eigenvalue weighted by molar-refractivity contribution is 5.76. The molecule has 0 unspecified atom stereocenters. The molecular formula is C29H38N2O5. The van der Waals surface area contributed by atoms with E-state index < -0.39 is 6.10 Å². The van der Waals surface area contributed by atoms with Crippen molar-refractivity contribution >= 4 is 5.91 Å². The lowest BCUT2D eigenvalue weighted by atomic mass is 9.94. The number of hydrogen-bond acceptors (Lipinski definition) is 6. The molecule has 1 amide bonds. The third-order valence-corrected chi connectivity index (χ3v) is 7.49. The first kappa shape index (κ1) is 25.2. The first-order valence-electron chi connectivity index (χ1n) is 13.4. The van der Waals surface area contributed by atoms with Crippen molar-refractivity contribution in [1.29, 1.82) is 0 Å². The fourth-order valence-corrected chi connectivity index (χ4v) is 5.62. The van der Waals surface area contributed by atoms with Crippen molar-refractivity contribution in [2.75, 3.05) is 32.8 Å². The quantitative estimate of drug-likeness (QED) is 0.655. The number of para-hydroxylation sites is 1. The number of piperidine rings is 1. The molecule has 2 aromatic rings. The predicted octanol–water partition coefficient (Wildman–Crippen LogP) is 3.99. The van der Waals surface area contributed by atoms with Gasteiger partial charge in [-0.2, -0.15) is 0 Å². The predicted molar refractivity (Wildman–Crippen MR) is 137 cm³/mol. The number of aliphatic hydroxyl groups excluding tert-OH is 1.